The molecule has 1 unspecified atom stereocenters. The molecule has 1 aromatic carbocycles. The number of guanidine groups is 1. The quantitative estimate of drug-likeness (QED) is 0.487. The lowest BCUT2D eigenvalue weighted by atomic mass is 10.1. The van der Waals surface area contributed by atoms with Crippen LogP contribution in [0.3, 0.4) is 0 Å². The number of nitrogens with one attached hydrogen (secondary N) is 2. The number of aryl methyl sites for hydroxylation is 1. The predicted molar refractivity (Wildman–Crippen MR) is 108 cm³/mol. The second-order valence-electron chi connectivity index (χ2n) is 6.57. The SMILES string of the molecule is CCNC(=NCc1ccc(C)cc1OC1CCOC1)NCCS(=O)(=O)CC. The molecule has 1 aliphatic heterocycles. The lowest BCUT2D eigenvalue weighted by molar-refractivity contribution is 0.140. The van der Waals surface area contributed by atoms with Crippen LogP contribution in [-0.2, 0) is 21.1 Å². The summed E-state index contributed by atoms with van der Waals surface area (Å²) in [5.74, 6) is 1.67. The first kappa shape index (κ1) is 21.5. The second-order valence-corrected chi connectivity index (χ2v) is 9.05. The van der Waals surface area contributed by atoms with Crippen LogP contribution in [0.25, 0.3) is 0 Å². The summed E-state index contributed by atoms with van der Waals surface area (Å²) in [7, 11) is -3.00. The minimum Gasteiger partial charge on any atom is -0.488 e. The van der Waals surface area contributed by atoms with E-state index in [1.54, 1.807) is 6.92 Å². The standard InChI is InChI=1S/C19H31N3O4S/c1-4-20-19(21-9-11-27(23,24)5-2)22-13-16-7-6-15(3)12-18(16)26-17-8-10-25-14-17/h6-7,12,17H,4-5,8-11,13-14H2,1-3H3,(H2,20,21,22). The van der Waals surface area contributed by atoms with Gasteiger partial charge in [-0.3, -0.25) is 0 Å². The van der Waals surface area contributed by atoms with Gasteiger partial charge in [0.2, 0.25) is 0 Å². The van der Waals surface area contributed by atoms with Crippen molar-refractivity contribution in [3.8, 4) is 5.75 Å². The van der Waals surface area contributed by atoms with Crippen molar-refractivity contribution in [2.75, 3.05) is 37.8 Å². The summed E-state index contributed by atoms with van der Waals surface area (Å²) in [6.07, 6.45) is 0.979. The summed E-state index contributed by atoms with van der Waals surface area (Å²) in [4.78, 5) is 4.58. The Kier molecular flexibility index (Phi) is 8.37. The molecule has 0 bridgehead atoms. The highest BCUT2D eigenvalue weighted by atomic mass is 32.2. The average Bonchev–Trinajstić information content (AvgIpc) is 3.14. The van der Waals surface area contributed by atoms with E-state index in [4.69, 9.17) is 9.47 Å². The highest BCUT2D eigenvalue weighted by Crippen LogP contribution is 2.24. The van der Waals surface area contributed by atoms with Gasteiger partial charge >= 0.3 is 0 Å². The number of nitrogens with zero attached hydrogens (tertiary/aromatic N) is 1. The fraction of sp³-hybridized carbons (Fsp3) is 0.632. The van der Waals surface area contributed by atoms with E-state index in [0.717, 1.165) is 29.9 Å². The van der Waals surface area contributed by atoms with Gasteiger partial charge in [0.25, 0.3) is 0 Å². The topological polar surface area (TPSA) is 89.0 Å². The first-order chi connectivity index (χ1) is 12.9. The Labute approximate surface area is 162 Å². The smallest absolute Gasteiger partial charge is 0.191 e. The van der Waals surface area contributed by atoms with Crippen LogP contribution < -0.4 is 15.4 Å². The minimum absolute atomic E-state index is 0.0835. The van der Waals surface area contributed by atoms with Crippen molar-refractivity contribution < 1.29 is 17.9 Å². The molecule has 1 atom stereocenters. The van der Waals surface area contributed by atoms with Gasteiger partial charge in [0, 0.05) is 30.8 Å². The Bertz CT molecular complexity index is 728. The number of hydrogen-bond acceptors (Lipinski definition) is 5. The third-order valence-corrected chi connectivity index (χ3v) is 6.01. The van der Waals surface area contributed by atoms with Crippen molar-refractivity contribution in [1.29, 1.82) is 0 Å². The van der Waals surface area contributed by atoms with Gasteiger partial charge in [-0.05, 0) is 25.5 Å². The lowest BCUT2D eigenvalue weighted by Gasteiger charge is -2.16. The van der Waals surface area contributed by atoms with Gasteiger partial charge < -0.3 is 20.1 Å². The van der Waals surface area contributed by atoms with Crippen LogP contribution in [0.15, 0.2) is 23.2 Å². The van der Waals surface area contributed by atoms with E-state index in [-0.39, 0.29) is 17.6 Å². The number of rotatable bonds is 9. The summed E-state index contributed by atoms with van der Waals surface area (Å²) in [5.41, 5.74) is 2.12. The fourth-order valence-corrected chi connectivity index (χ4v) is 3.36. The van der Waals surface area contributed by atoms with Crippen molar-refractivity contribution in [2.45, 2.75) is 39.8 Å². The molecule has 0 saturated carbocycles. The molecule has 1 aliphatic rings. The van der Waals surface area contributed by atoms with Crippen molar-refractivity contribution >= 4 is 15.8 Å². The second kappa shape index (κ2) is 10.5. The summed E-state index contributed by atoms with van der Waals surface area (Å²) >= 11 is 0. The highest BCUT2D eigenvalue weighted by Gasteiger charge is 2.18. The van der Waals surface area contributed by atoms with Crippen LogP contribution in [-0.4, -0.2) is 58.3 Å². The summed E-state index contributed by atoms with van der Waals surface area (Å²) in [5, 5.41) is 6.23. The lowest BCUT2D eigenvalue weighted by Crippen LogP contribution is -2.39. The molecule has 0 amide bonds. The number of benzene rings is 1. The molecule has 2 N–H and O–H groups in total. The van der Waals surface area contributed by atoms with Gasteiger partial charge in [-0.1, -0.05) is 19.1 Å². The highest BCUT2D eigenvalue weighted by molar-refractivity contribution is 7.91. The molecule has 1 heterocycles. The molecule has 0 aliphatic carbocycles. The van der Waals surface area contributed by atoms with Crippen LogP contribution in [0.1, 0.15) is 31.4 Å². The van der Waals surface area contributed by atoms with Gasteiger partial charge in [0.05, 0.1) is 25.5 Å². The average molecular weight is 398 g/mol. The molecule has 0 aromatic heterocycles. The van der Waals surface area contributed by atoms with Crippen LogP contribution in [0.2, 0.25) is 0 Å². The fourth-order valence-electron chi connectivity index (χ4n) is 2.66. The third-order valence-electron chi connectivity index (χ3n) is 4.30. The van der Waals surface area contributed by atoms with E-state index in [1.807, 2.05) is 32.0 Å². The molecule has 2 rings (SSSR count). The Morgan fingerprint density at radius 2 is 2.15 bits per heavy atom. The van der Waals surface area contributed by atoms with Crippen molar-refractivity contribution in [3.05, 3.63) is 29.3 Å². The number of sulfone groups is 1. The van der Waals surface area contributed by atoms with Crippen molar-refractivity contribution in [1.82, 2.24) is 10.6 Å². The van der Waals surface area contributed by atoms with Crippen molar-refractivity contribution in [2.24, 2.45) is 4.99 Å². The molecular formula is C19H31N3O4S. The zero-order valence-corrected chi connectivity index (χ0v) is 17.3. The largest absolute Gasteiger partial charge is 0.488 e. The van der Waals surface area contributed by atoms with Gasteiger partial charge in [0.15, 0.2) is 15.8 Å². The third kappa shape index (κ3) is 7.38. The Balaban J connectivity index is 2.03. The summed E-state index contributed by atoms with van der Waals surface area (Å²) in [6, 6.07) is 6.09. The molecule has 0 spiro atoms. The Hall–Kier alpha value is -1.80. The summed E-state index contributed by atoms with van der Waals surface area (Å²) < 4.78 is 34.8. The molecule has 8 heteroatoms. The van der Waals surface area contributed by atoms with Crippen LogP contribution >= 0.6 is 0 Å². The summed E-state index contributed by atoms with van der Waals surface area (Å²) in [6.45, 7) is 8.49. The molecule has 1 saturated heterocycles. The first-order valence-corrected chi connectivity index (χ1v) is 11.3. The molecule has 0 radical (unpaired) electrons. The monoisotopic (exact) mass is 397 g/mol. The zero-order valence-electron chi connectivity index (χ0n) is 16.5. The molecule has 152 valence electrons. The van der Waals surface area contributed by atoms with Gasteiger partial charge in [-0.25, -0.2) is 13.4 Å². The van der Waals surface area contributed by atoms with Gasteiger partial charge in [-0.15, -0.1) is 0 Å². The van der Waals surface area contributed by atoms with Gasteiger partial charge in [-0.2, -0.15) is 0 Å². The zero-order chi connectivity index (χ0) is 19.7. The number of ether oxygens (including phenoxy) is 2. The van der Waals surface area contributed by atoms with E-state index < -0.39 is 9.84 Å². The van der Waals surface area contributed by atoms with E-state index in [2.05, 4.69) is 15.6 Å². The maximum Gasteiger partial charge on any atom is 0.191 e. The minimum atomic E-state index is -3.00. The van der Waals surface area contributed by atoms with Crippen LogP contribution in [0.4, 0.5) is 0 Å². The predicted octanol–water partition coefficient (Wildman–Crippen LogP) is 1.65. The Morgan fingerprint density at radius 3 is 2.81 bits per heavy atom. The van der Waals surface area contributed by atoms with E-state index >= 15 is 0 Å². The van der Waals surface area contributed by atoms with E-state index in [9.17, 15) is 8.42 Å². The van der Waals surface area contributed by atoms with Crippen LogP contribution in [0.5, 0.6) is 5.75 Å². The normalized spacial score (nSPS) is 17.7. The first-order valence-electron chi connectivity index (χ1n) is 9.50. The maximum absolute atomic E-state index is 11.6. The molecule has 27 heavy (non-hydrogen) atoms. The molecule has 1 fully saturated rings. The molecule has 7 nitrogen and oxygen atoms in total. The van der Waals surface area contributed by atoms with Gasteiger partial charge in [0.1, 0.15) is 11.9 Å². The number of hydrogen-bond donors (Lipinski definition) is 2. The number of aliphatic imine (C=N–C) groups is 1. The van der Waals surface area contributed by atoms with E-state index in [1.165, 1.54) is 0 Å². The van der Waals surface area contributed by atoms with Crippen molar-refractivity contribution in [3.63, 3.8) is 0 Å². The Morgan fingerprint density at radius 1 is 1.33 bits per heavy atom. The maximum atomic E-state index is 11.6. The van der Waals surface area contributed by atoms with Crippen LogP contribution in [0, 0.1) is 6.92 Å². The van der Waals surface area contributed by atoms with E-state index in [0.29, 0.717) is 32.2 Å². The molecular weight excluding hydrogens is 366 g/mol. The molecule has 1 aromatic rings.